The van der Waals surface area contributed by atoms with Gasteiger partial charge in [0.1, 0.15) is 11.2 Å². The van der Waals surface area contributed by atoms with Crippen LogP contribution in [-0.2, 0) is 0 Å². The van der Waals surface area contributed by atoms with Gasteiger partial charge >= 0.3 is 0 Å². The van der Waals surface area contributed by atoms with Crippen molar-refractivity contribution in [3.8, 4) is 17.2 Å². The van der Waals surface area contributed by atoms with Crippen LogP contribution in [0.3, 0.4) is 0 Å². The van der Waals surface area contributed by atoms with Crippen molar-refractivity contribution in [3.05, 3.63) is 140 Å². The first kappa shape index (κ1) is 24.8. The highest BCUT2D eigenvalue weighted by molar-refractivity contribution is 6.22. The molecule has 0 saturated carbocycles. The highest BCUT2D eigenvalue weighted by Crippen LogP contribution is 2.43. The van der Waals surface area contributed by atoms with E-state index in [9.17, 15) is 0 Å². The lowest BCUT2D eigenvalue weighted by atomic mass is 10.0. The van der Waals surface area contributed by atoms with Crippen LogP contribution in [-0.4, -0.2) is 14.5 Å². The summed E-state index contributed by atoms with van der Waals surface area (Å²) < 4.78 is 15.4. The van der Waals surface area contributed by atoms with Gasteiger partial charge in [-0.15, -0.1) is 0 Å². The van der Waals surface area contributed by atoms with E-state index in [0.29, 0.717) is 5.95 Å². The molecular formula is C42H23N3O2. The van der Waals surface area contributed by atoms with Gasteiger partial charge in [0.25, 0.3) is 0 Å². The summed E-state index contributed by atoms with van der Waals surface area (Å²) in [5, 5.41) is 9.91. The van der Waals surface area contributed by atoms with E-state index in [-0.39, 0.29) is 0 Å². The van der Waals surface area contributed by atoms with E-state index >= 15 is 0 Å². The second-order valence-corrected chi connectivity index (χ2v) is 12.1. The zero-order chi connectivity index (χ0) is 30.6. The van der Waals surface area contributed by atoms with Crippen LogP contribution in [0.2, 0.25) is 0 Å². The SMILES string of the molecule is c1ccc2c(c1)ccc1c2c2ccccc2n1-c1nc(-c2cccc3c2oc2c3ccc3c4ccccc4oc32)c2ccccc2n1. The van der Waals surface area contributed by atoms with E-state index in [0.717, 1.165) is 77.1 Å². The molecule has 0 spiro atoms. The topological polar surface area (TPSA) is 57.0 Å². The number of aromatic nitrogens is 3. The van der Waals surface area contributed by atoms with Crippen LogP contribution in [0, 0.1) is 0 Å². The summed E-state index contributed by atoms with van der Waals surface area (Å²) in [6, 6.07) is 48.4. The number of benzene rings is 7. The minimum Gasteiger partial charge on any atom is -0.452 e. The first-order valence-corrected chi connectivity index (χ1v) is 15.8. The Morgan fingerprint density at radius 3 is 2.02 bits per heavy atom. The van der Waals surface area contributed by atoms with Crippen LogP contribution < -0.4 is 0 Å². The van der Waals surface area contributed by atoms with Crippen LogP contribution in [0.1, 0.15) is 0 Å². The van der Waals surface area contributed by atoms with Crippen molar-refractivity contribution in [1.82, 2.24) is 14.5 Å². The Morgan fingerprint density at radius 1 is 0.426 bits per heavy atom. The Labute approximate surface area is 266 Å². The van der Waals surface area contributed by atoms with E-state index in [1.807, 2.05) is 30.3 Å². The van der Waals surface area contributed by atoms with Crippen LogP contribution in [0.5, 0.6) is 0 Å². The van der Waals surface area contributed by atoms with Crippen LogP contribution in [0.4, 0.5) is 0 Å². The van der Waals surface area contributed by atoms with Gasteiger partial charge in [-0.25, -0.2) is 9.97 Å². The highest BCUT2D eigenvalue weighted by Gasteiger charge is 2.22. The van der Waals surface area contributed by atoms with E-state index in [1.165, 1.54) is 21.5 Å². The zero-order valence-corrected chi connectivity index (χ0v) is 24.9. The lowest BCUT2D eigenvalue weighted by Gasteiger charge is -2.12. The molecule has 4 aromatic heterocycles. The molecule has 0 fully saturated rings. The largest absolute Gasteiger partial charge is 0.452 e. The standard InChI is InChI=1S/C42H23N3O2/c1-2-11-25-24(10-1)20-23-35-37(25)31-14-4-7-18-34(31)45(35)42-43-33-17-6-3-13-30(33)38(44-42)32-16-9-15-27-29-22-21-28-26-12-5-8-19-36(26)46-40(28)41(29)47-39(27)32/h1-23H. The summed E-state index contributed by atoms with van der Waals surface area (Å²) in [6.07, 6.45) is 0. The fourth-order valence-electron chi connectivity index (χ4n) is 7.55. The van der Waals surface area contributed by atoms with Gasteiger partial charge in [0.2, 0.25) is 5.95 Å². The Bertz CT molecular complexity index is 3090. The molecule has 0 aliphatic rings. The third kappa shape index (κ3) is 3.32. The molecule has 0 radical (unpaired) electrons. The predicted octanol–water partition coefficient (Wildman–Crippen LogP) is 11.3. The second kappa shape index (κ2) is 9.05. The quantitative estimate of drug-likeness (QED) is 0.198. The molecule has 0 atom stereocenters. The number of nitrogens with zero attached hydrogens (tertiary/aromatic N) is 3. The van der Waals surface area contributed by atoms with Crippen LogP contribution in [0.25, 0.3) is 105 Å². The molecule has 0 N–H and O–H groups in total. The van der Waals surface area contributed by atoms with Crippen molar-refractivity contribution in [3.63, 3.8) is 0 Å². The first-order valence-electron chi connectivity index (χ1n) is 15.8. The van der Waals surface area contributed by atoms with Crippen molar-refractivity contribution in [1.29, 1.82) is 0 Å². The second-order valence-electron chi connectivity index (χ2n) is 12.1. The fourth-order valence-corrected chi connectivity index (χ4v) is 7.55. The number of rotatable bonds is 2. The van der Waals surface area contributed by atoms with Crippen LogP contribution >= 0.6 is 0 Å². The summed E-state index contributed by atoms with van der Waals surface area (Å²) in [6.45, 7) is 0. The summed E-state index contributed by atoms with van der Waals surface area (Å²) in [5.74, 6) is 0.618. The molecule has 0 amide bonds. The molecule has 47 heavy (non-hydrogen) atoms. The predicted molar refractivity (Wildman–Crippen MR) is 191 cm³/mol. The Balaban J connectivity index is 1.24. The van der Waals surface area contributed by atoms with Gasteiger partial charge in [-0.2, -0.15) is 0 Å². The van der Waals surface area contributed by atoms with Crippen molar-refractivity contribution < 1.29 is 8.83 Å². The molecular weight excluding hydrogens is 578 g/mol. The van der Waals surface area contributed by atoms with Gasteiger partial charge in [-0.1, -0.05) is 97.1 Å². The van der Waals surface area contributed by atoms with E-state index in [4.69, 9.17) is 18.8 Å². The molecule has 11 aromatic rings. The maximum Gasteiger partial charge on any atom is 0.235 e. The van der Waals surface area contributed by atoms with Crippen molar-refractivity contribution in [2.24, 2.45) is 0 Å². The number of furan rings is 2. The summed E-state index contributed by atoms with van der Waals surface area (Å²) in [4.78, 5) is 10.6. The molecule has 7 aromatic carbocycles. The van der Waals surface area contributed by atoms with Gasteiger partial charge in [0.15, 0.2) is 11.2 Å². The van der Waals surface area contributed by atoms with E-state index in [1.54, 1.807) is 0 Å². The lowest BCUT2D eigenvalue weighted by molar-refractivity contribution is 0.634. The molecule has 4 heterocycles. The Morgan fingerprint density at radius 2 is 1.11 bits per heavy atom. The third-order valence-corrected chi connectivity index (χ3v) is 9.62. The molecule has 0 unspecified atom stereocenters. The zero-order valence-electron chi connectivity index (χ0n) is 24.9. The van der Waals surface area contributed by atoms with Crippen LogP contribution in [0.15, 0.2) is 148 Å². The summed E-state index contributed by atoms with van der Waals surface area (Å²) in [5.41, 5.74) is 7.86. The number of fused-ring (bicyclic) bond motifs is 13. The van der Waals surface area contributed by atoms with Crippen molar-refractivity contribution in [2.45, 2.75) is 0 Å². The molecule has 0 saturated heterocycles. The Hall–Kier alpha value is -6.46. The molecule has 0 bridgehead atoms. The monoisotopic (exact) mass is 601 g/mol. The minimum absolute atomic E-state index is 0.618. The molecule has 5 heteroatoms. The maximum absolute atomic E-state index is 6.79. The smallest absolute Gasteiger partial charge is 0.235 e. The normalized spacial score (nSPS) is 12.3. The average Bonchev–Trinajstić information content (AvgIpc) is 3.81. The fraction of sp³-hybridized carbons (Fsp3) is 0. The summed E-state index contributed by atoms with van der Waals surface area (Å²) in [7, 11) is 0. The van der Waals surface area contributed by atoms with Gasteiger partial charge in [-0.3, -0.25) is 4.57 Å². The van der Waals surface area contributed by atoms with Gasteiger partial charge in [0, 0.05) is 43.3 Å². The van der Waals surface area contributed by atoms with Gasteiger partial charge < -0.3 is 8.83 Å². The van der Waals surface area contributed by atoms with Gasteiger partial charge in [-0.05, 0) is 53.2 Å². The Kier molecular flexibility index (Phi) is 4.78. The number of hydrogen-bond acceptors (Lipinski definition) is 4. The molecule has 218 valence electrons. The molecule has 5 nitrogen and oxygen atoms in total. The average molecular weight is 602 g/mol. The minimum atomic E-state index is 0.618. The van der Waals surface area contributed by atoms with Crippen molar-refractivity contribution in [2.75, 3.05) is 0 Å². The van der Waals surface area contributed by atoms with E-state index < -0.39 is 0 Å². The molecule has 11 rings (SSSR count). The molecule has 0 aliphatic heterocycles. The van der Waals surface area contributed by atoms with E-state index in [2.05, 4.69) is 114 Å². The lowest BCUT2D eigenvalue weighted by Crippen LogP contribution is -2.03. The first-order chi connectivity index (χ1) is 23.3. The number of para-hydroxylation sites is 4. The van der Waals surface area contributed by atoms with Crippen molar-refractivity contribution >= 4 is 87.4 Å². The maximum atomic E-state index is 6.79. The molecule has 0 aliphatic carbocycles. The number of hydrogen-bond donors (Lipinski definition) is 0. The highest BCUT2D eigenvalue weighted by atomic mass is 16.4. The summed E-state index contributed by atoms with van der Waals surface area (Å²) >= 11 is 0. The third-order valence-electron chi connectivity index (χ3n) is 9.62. The van der Waals surface area contributed by atoms with Gasteiger partial charge in [0.05, 0.1) is 22.2 Å².